The lowest BCUT2D eigenvalue weighted by molar-refractivity contribution is -0.145. The predicted molar refractivity (Wildman–Crippen MR) is 89.2 cm³/mol. The van der Waals surface area contributed by atoms with Crippen LogP contribution in [-0.4, -0.2) is 59.9 Å². The standard InChI is InChI=1S/C18H26N2O4/c1-4-14-10-20(11-18(24-14)7-9-22-12-18)17(21)15-6-5-8-19-16(15)23-13(2)3/h5-6,8,13-14H,4,7,9-12H2,1-3H3/t14-,18+/m1/s1. The third kappa shape index (κ3) is 3.54. The molecule has 2 aliphatic rings. The van der Waals surface area contributed by atoms with Gasteiger partial charge in [0.15, 0.2) is 0 Å². The monoisotopic (exact) mass is 334 g/mol. The van der Waals surface area contributed by atoms with Gasteiger partial charge in [0.1, 0.15) is 11.2 Å². The summed E-state index contributed by atoms with van der Waals surface area (Å²) in [5.74, 6) is 0.348. The van der Waals surface area contributed by atoms with Gasteiger partial charge in [-0.25, -0.2) is 4.98 Å². The van der Waals surface area contributed by atoms with Crippen molar-refractivity contribution in [2.75, 3.05) is 26.3 Å². The Labute approximate surface area is 143 Å². The minimum Gasteiger partial charge on any atom is -0.474 e. The highest BCUT2D eigenvalue weighted by Gasteiger charge is 2.45. The molecule has 0 radical (unpaired) electrons. The van der Waals surface area contributed by atoms with Crippen molar-refractivity contribution in [2.45, 2.75) is 51.4 Å². The number of ether oxygens (including phenoxy) is 3. The van der Waals surface area contributed by atoms with Crippen LogP contribution in [0.5, 0.6) is 5.88 Å². The molecule has 2 aliphatic heterocycles. The van der Waals surface area contributed by atoms with Gasteiger partial charge in [-0.2, -0.15) is 0 Å². The van der Waals surface area contributed by atoms with E-state index in [2.05, 4.69) is 11.9 Å². The third-order valence-electron chi connectivity index (χ3n) is 4.48. The van der Waals surface area contributed by atoms with E-state index in [1.165, 1.54) is 0 Å². The molecule has 3 rings (SSSR count). The molecule has 6 heteroatoms. The van der Waals surface area contributed by atoms with E-state index in [0.29, 0.717) is 37.7 Å². The summed E-state index contributed by atoms with van der Waals surface area (Å²) < 4.78 is 17.5. The highest BCUT2D eigenvalue weighted by Crippen LogP contribution is 2.32. The van der Waals surface area contributed by atoms with E-state index in [1.807, 2.05) is 18.7 Å². The minimum absolute atomic E-state index is 0.0332. The average Bonchev–Trinajstić information content (AvgIpc) is 3.01. The molecule has 132 valence electrons. The molecule has 0 saturated carbocycles. The molecular weight excluding hydrogens is 308 g/mol. The molecule has 24 heavy (non-hydrogen) atoms. The van der Waals surface area contributed by atoms with Crippen molar-refractivity contribution < 1.29 is 19.0 Å². The summed E-state index contributed by atoms with van der Waals surface area (Å²) in [4.78, 5) is 19.2. The molecule has 1 amide bonds. The summed E-state index contributed by atoms with van der Waals surface area (Å²) in [5, 5.41) is 0. The van der Waals surface area contributed by atoms with Gasteiger partial charge in [0.2, 0.25) is 5.88 Å². The molecule has 2 saturated heterocycles. The van der Waals surface area contributed by atoms with Gasteiger partial charge in [-0.05, 0) is 32.4 Å². The van der Waals surface area contributed by atoms with Crippen LogP contribution >= 0.6 is 0 Å². The Balaban J connectivity index is 1.83. The average molecular weight is 334 g/mol. The first kappa shape index (κ1) is 17.2. The number of hydrogen-bond acceptors (Lipinski definition) is 5. The van der Waals surface area contributed by atoms with Gasteiger partial charge in [0, 0.05) is 25.8 Å². The molecule has 0 N–H and O–H groups in total. The fourth-order valence-electron chi connectivity index (χ4n) is 3.30. The van der Waals surface area contributed by atoms with E-state index in [-0.39, 0.29) is 23.7 Å². The van der Waals surface area contributed by atoms with Crippen molar-refractivity contribution in [3.8, 4) is 5.88 Å². The number of carbonyl (C=O) groups excluding carboxylic acids is 1. The molecular formula is C18H26N2O4. The van der Waals surface area contributed by atoms with Crippen LogP contribution in [0.15, 0.2) is 18.3 Å². The van der Waals surface area contributed by atoms with Gasteiger partial charge in [0.05, 0.1) is 25.4 Å². The number of nitrogens with zero attached hydrogens (tertiary/aromatic N) is 2. The summed E-state index contributed by atoms with van der Waals surface area (Å²) >= 11 is 0. The van der Waals surface area contributed by atoms with Crippen LogP contribution in [0, 0.1) is 0 Å². The van der Waals surface area contributed by atoms with Crippen molar-refractivity contribution in [2.24, 2.45) is 0 Å². The maximum atomic E-state index is 13.1. The summed E-state index contributed by atoms with van der Waals surface area (Å²) in [6, 6.07) is 3.55. The van der Waals surface area contributed by atoms with Crippen LogP contribution in [0.25, 0.3) is 0 Å². The fraction of sp³-hybridized carbons (Fsp3) is 0.667. The number of rotatable bonds is 4. The van der Waals surface area contributed by atoms with Gasteiger partial charge < -0.3 is 19.1 Å². The second kappa shape index (κ2) is 7.07. The second-order valence-corrected chi connectivity index (χ2v) is 6.84. The second-order valence-electron chi connectivity index (χ2n) is 6.84. The first-order valence-electron chi connectivity index (χ1n) is 8.69. The Hall–Kier alpha value is -1.66. The highest BCUT2D eigenvalue weighted by atomic mass is 16.6. The van der Waals surface area contributed by atoms with Gasteiger partial charge in [-0.15, -0.1) is 0 Å². The minimum atomic E-state index is -0.365. The molecule has 0 bridgehead atoms. The highest BCUT2D eigenvalue weighted by molar-refractivity contribution is 5.96. The van der Waals surface area contributed by atoms with E-state index in [4.69, 9.17) is 14.2 Å². The van der Waals surface area contributed by atoms with Crippen molar-refractivity contribution >= 4 is 5.91 Å². The van der Waals surface area contributed by atoms with Crippen LogP contribution in [0.3, 0.4) is 0 Å². The fourth-order valence-corrected chi connectivity index (χ4v) is 3.30. The molecule has 6 nitrogen and oxygen atoms in total. The Morgan fingerprint density at radius 1 is 1.54 bits per heavy atom. The van der Waals surface area contributed by atoms with Crippen molar-refractivity contribution in [3.05, 3.63) is 23.9 Å². The van der Waals surface area contributed by atoms with E-state index < -0.39 is 0 Å². The number of carbonyl (C=O) groups is 1. The van der Waals surface area contributed by atoms with Crippen molar-refractivity contribution in [1.82, 2.24) is 9.88 Å². The van der Waals surface area contributed by atoms with E-state index in [1.54, 1.807) is 18.3 Å². The van der Waals surface area contributed by atoms with Crippen molar-refractivity contribution in [3.63, 3.8) is 0 Å². The Morgan fingerprint density at radius 2 is 2.38 bits per heavy atom. The maximum absolute atomic E-state index is 13.1. The molecule has 2 fully saturated rings. The zero-order valence-corrected chi connectivity index (χ0v) is 14.7. The van der Waals surface area contributed by atoms with Gasteiger partial charge in [0.25, 0.3) is 5.91 Å². The lowest BCUT2D eigenvalue weighted by atomic mass is 9.98. The summed E-state index contributed by atoms with van der Waals surface area (Å²) in [7, 11) is 0. The Kier molecular flexibility index (Phi) is 5.06. The van der Waals surface area contributed by atoms with Gasteiger partial charge in [-0.3, -0.25) is 4.79 Å². The molecule has 2 atom stereocenters. The van der Waals surface area contributed by atoms with E-state index in [0.717, 1.165) is 12.8 Å². The quantitative estimate of drug-likeness (QED) is 0.845. The lowest BCUT2D eigenvalue weighted by Crippen LogP contribution is -2.57. The van der Waals surface area contributed by atoms with Gasteiger partial charge >= 0.3 is 0 Å². The molecule has 0 aromatic carbocycles. The summed E-state index contributed by atoms with van der Waals surface area (Å²) in [6.45, 7) is 8.32. The molecule has 3 heterocycles. The zero-order valence-electron chi connectivity index (χ0n) is 14.7. The van der Waals surface area contributed by atoms with E-state index in [9.17, 15) is 4.79 Å². The number of morpholine rings is 1. The molecule has 1 aromatic rings. The van der Waals surface area contributed by atoms with Crippen LogP contribution in [0.4, 0.5) is 0 Å². The Morgan fingerprint density at radius 3 is 3.04 bits per heavy atom. The van der Waals surface area contributed by atoms with Crippen LogP contribution in [0.1, 0.15) is 44.0 Å². The molecule has 0 unspecified atom stereocenters. The van der Waals surface area contributed by atoms with Crippen LogP contribution in [0.2, 0.25) is 0 Å². The first-order chi connectivity index (χ1) is 11.5. The number of amides is 1. The molecule has 1 aromatic heterocycles. The predicted octanol–water partition coefficient (Wildman–Crippen LogP) is 2.28. The van der Waals surface area contributed by atoms with Crippen molar-refractivity contribution in [1.29, 1.82) is 0 Å². The zero-order chi connectivity index (χ0) is 17.2. The Bertz CT molecular complexity index is 584. The topological polar surface area (TPSA) is 60.9 Å². The smallest absolute Gasteiger partial charge is 0.259 e. The van der Waals surface area contributed by atoms with Gasteiger partial charge in [-0.1, -0.05) is 6.92 Å². The van der Waals surface area contributed by atoms with E-state index >= 15 is 0 Å². The largest absolute Gasteiger partial charge is 0.474 e. The maximum Gasteiger partial charge on any atom is 0.259 e. The number of pyridine rings is 1. The first-order valence-corrected chi connectivity index (χ1v) is 8.69. The van der Waals surface area contributed by atoms with Crippen LogP contribution < -0.4 is 4.74 Å². The SMILES string of the molecule is CC[C@@H]1CN(C(=O)c2cccnc2OC(C)C)C[C@]2(CCOC2)O1. The molecule has 0 aliphatic carbocycles. The summed E-state index contributed by atoms with van der Waals surface area (Å²) in [5.41, 5.74) is 0.146. The lowest BCUT2D eigenvalue weighted by Gasteiger charge is -2.43. The normalized spacial score (nSPS) is 27.0. The molecule has 1 spiro atoms. The summed E-state index contributed by atoms with van der Waals surface area (Å²) in [6.07, 6.45) is 3.35. The van der Waals surface area contributed by atoms with Crippen LogP contribution in [-0.2, 0) is 9.47 Å². The third-order valence-corrected chi connectivity index (χ3v) is 4.48. The number of hydrogen-bond donors (Lipinski definition) is 0. The number of aromatic nitrogens is 1.